The Morgan fingerprint density at radius 2 is 1.95 bits per heavy atom. The van der Waals surface area contributed by atoms with Gasteiger partial charge in [0.25, 0.3) is 0 Å². The number of nitrogen functional groups attached to an aromatic ring is 1. The Balaban J connectivity index is 1.84. The van der Waals surface area contributed by atoms with Crippen LogP contribution in [0.3, 0.4) is 0 Å². The molecule has 102 valence electrons. The van der Waals surface area contributed by atoms with Crippen LogP contribution in [0.4, 0.5) is 14.9 Å². The normalized spacial score (nSPS) is 29.5. The minimum Gasteiger partial charge on any atom is -0.465 e. The van der Waals surface area contributed by atoms with Crippen molar-refractivity contribution in [2.45, 2.75) is 43.7 Å². The number of hydrogen-bond donors (Lipinski definition) is 2. The van der Waals surface area contributed by atoms with Crippen LogP contribution in [-0.4, -0.2) is 28.2 Å². The van der Waals surface area contributed by atoms with Gasteiger partial charge >= 0.3 is 6.09 Å². The summed E-state index contributed by atoms with van der Waals surface area (Å²) in [5, 5.41) is 9.20. The van der Waals surface area contributed by atoms with Crippen LogP contribution in [-0.2, 0) is 0 Å². The van der Waals surface area contributed by atoms with E-state index >= 15 is 0 Å². The number of fused-ring (bicyclic) bond motifs is 2. The quantitative estimate of drug-likeness (QED) is 0.766. The molecule has 2 saturated heterocycles. The van der Waals surface area contributed by atoms with Crippen LogP contribution < -0.4 is 5.73 Å². The Bertz CT molecular complexity index is 506. The lowest BCUT2D eigenvalue weighted by Crippen LogP contribution is -2.45. The van der Waals surface area contributed by atoms with Crippen LogP contribution in [0.25, 0.3) is 0 Å². The second kappa shape index (κ2) is 4.40. The maximum absolute atomic E-state index is 14.0. The van der Waals surface area contributed by atoms with E-state index in [0.29, 0.717) is 24.1 Å². The molecule has 4 nitrogen and oxygen atoms in total. The zero-order chi connectivity index (χ0) is 13.6. The summed E-state index contributed by atoms with van der Waals surface area (Å²) in [6, 6.07) is 4.88. The number of hydrogen-bond acceptors (Lipinski definition) is 2. The van der Waals surface area contributed by atoms with E-state index in [1.807, 2.05) is 0 Å². The fourth-order valence-corrected chi connectivity index (χ4v) is 3.62. The highest BCUT2D eigenvalue weighted by Gasteiger charge is 2.44. The van der Waals surface area contributed by atoms with Crippen LogP contribution in [0.5, 0.6) is 0 Å². The van der Waals surface area contributed by atoms with Crippen molar-refractivity contribution < 1.29 is 14.3 Å². The average Bonchev–Trinajstić information content (AvgIpc) is 2.61. The number of benzene rings is 1. The summed E-state index contributed by atoms with van der Waals surface area (Å²) in [6.07, 6.45) is 2.37. The molecule has 19 heavy (non-hydrogen) atoms. The molecule has 2 aliphatic heterocycles. The molecule has 0 radical (unpaired) electrons. The predicted octanol–water partition coefficient (Wildman–Crippen LogP) is 2.80. The van der Waals surface area contributed by atoms with Crippen molar-refractivity contribution in [3.05, 3.63) is 29.6 Å². The van der Waals surface area contributed by atoms with Crippen LogP contribution in [0.2, 0.25) is 0 Å². The van der Waals surface area contributed by atoms with E-state index in [2.05, 4.69) is 0 Å². The van der Waals surface area contributed by atoms with E-state index < -0.39 is 6.09 Å². The molecule has 3 rings (SSSR count). The van der Waals surface area contributed by atoms with Gasteiger partial charge < -0.3 is 15.7 Å². The maximum Gasteiger partial charge on any atom is 0.407 e. The molecule has 3 N–H and O–H groups in total. The van der Waals surface area contributed by atoms with Gasteiger partial charge in [-0.25, -0.2) is 9.18 Å². The Labute approximate surface area is 111 Å². The van der Waals surface area contributed by atoms with Crippen LogP contribution in [0.15, 0.2) is 18.2 Å². The number of nitrogens with zero attached hydrogens (tertiary/aromatic N) is 1. The smallest absolute Gasteiger partial charge is 0.407 e. The number of carboxylic acid groups (broad SMARTS) is 1. The first-order valence-electron chi connectivity index (χ1n) is 6.62. The van der Waals surface area contributed by atoms with E-state index in [1.165, 1.54) is 6.07 Å². The molecule has 2 fully saturated rings. The first-order valence-corrected chi connectivity index (χ1v) is 6.62. The molecule has 2 heterocycles. The lowest BCUT2D eigenvalue weighted by Gasteiger charge is -2.37. The monoisotopic (exact) mass is 264 g/mol. The molecular weight excluding hydrogens is 247 g/mol. The number of anilines is 1. The van der Waals surface area contributed by atoms with E-state index in [4.69, 9.17) is 5.73 Å². The maximum atomic E-state index is 14.0. The third-order valence-corrected chi connectivity index (χ3v) is 4.42. The Kier molecular flexibility index (Phi) is 2.84. The molecule has 1 aromatic rings. The summed E-state index contributed by atoms with van der Waals surface area (Å²) in [7, 11) is 0. The van der Waals surface area contributed by atoms with Gasteiger partial charge in [-0.1, -0.05) is 6.07 Å². The van der Waals surface area contributed by atoms with Crippen LogP contribution >= 0.6 is 0 Å². The lowest BCUT2D eigenvalue weighted by atomic mass is 9.85. The highest BCUT2D eigenvalue weighted by atomic mass is 19.1. The van der Waals surface area contributed by atoms with Gasteiger partial charge in [-0.05, 0) is 49.3 Å². The standard InChI is InChI=1S/C14H17FN2O2/c15-13-7-9(16)1-4-12(13)8-5-10-2-3-11(6-8)17(10)14(18)19/h1,4,7-8,10-11H,2-3,5-6,16H2,(H,18,19). The topological polar surface area (TPSA) is 66.6 Å². The van der Waals surface area contributed by atoms with Crippen molar-refractivity contribution in [2.24, 2.45) is 0 Å². The SMILES string of the molecule is Nc1ccc(C2CC3CCC(C2)N3C(=O)O)c(F)c1. The number of carbonyl (C=O) groups is 1. The van der Waals surface area contributed by atoms with Gasteiger partial charge in [0.2, 0.25) is 0 Å². The molecule has 0 saturated carbocycles. The summed E-state index contributed by atoms with van der Waals surface area (Å²) in [5.74, 6) is -0.165. The second-order valence-corrected chi connectivity index (χ2v) is 5.52. The fourth-order valence-electron chi connectivity index (χ4n) is 3.62. The van der Waals surface area contributed by atoms with Crippen molar-refractivity contribution >= 4 is 11.8 Å². The molecule has 2 unspecified atom stereocenters. The lowest BCUT2D eigenvalue weighted by molar-refractivity contribution is 0.0962. The fraction of sp³-hybridized carbons (Fsp3) is 0.500. The molecule has 1 amide bonds. The van der Waals surface area contributed by atoms with Gasteiger partial charge in [0.05, 0.1) is 0 Å². The third kappa shape index (κ3) is 2.03. The summed E-state index contributed by atoms with van der Waals surface area (Å²) < 4.78 is 14.0. The minimum atomic E-state index is -0.844. The Morgan fingerprint density at radius 3 is 2.47 bits per heavy atom. The number of nitrogens with two attached hydrogens (primary N) is 1. The average molecular weight is 264 g/mol. The zero-order valence-electron chi connectivity index (χ0n) is 10.6. The molecule has 0 aliphatic carbocycles. The summed E-state index contributed by atoms with van der Waals surface area (Å²) >= 11 is 0. The molecular formula is C14H17FN2O2. The Morgan fingerprint density at radius 1 is 1.32 bits per heavy atom. The van der Waals surface area contributed by atoms with Gasteiger partial charge in [-0.2, -0.15) is 0 Å². The van der Waals surface area contributed by atoms with Crippen molar-refractivity contribution in [3.8, 4) is 0 Å². The first kappa shape index (κ1) is 12.3. The second-order valence-electron chi connectivity index (χ2n) is 5.52. The number of rotatable bonds is 1. The summed E-state index contributed by atoms with van der Waals surface area (Å²) in [6.45, 7) is 0. The van der Waals surface area contributed by atoms with Gasteiger partial charge in [0, 0.05) is 17.8 Å². The minimum absolute atomic E-state index is 0.0400. The van der Waals surface area contributed by atoms with Crippen molar-refractivity contribution in [2.75, 3.05) is 5.73 Å². The van der Waals surface area contributed by atoms with Gasteiger partial charge in [0.15, 0.2) is 0 Å². The summed E-state index contributed by atoms with van der Waals surface area (Å²) in [4.78, 5) is 12.8. The highest BCUT2D eigenvalue weighted by Crippen LogP contribution is 2.43. The van der Waals surface area contributed by atoms with Gasteiger partial charge in [-0.3, -0.25) is 0 Å². The largest absolute Gasteiger partial charge is 0.465 e. The van der Waals surface area contributed by atoms with Crippen molar-refractivity contribution in [3.63, 3.8) is 0 Å². The van der Waals surface area contributed by atoms with Crippen LogP contribution in [0.1, 0.15) is 37.2 Å². The molecule has 0 spiro atoms. The predicted molar refractivity (Wildman–Crippen MR) is 69.5 cm³/mol. The number of amides is 1. The molecule has 1 aromatic carbocycles. The van der Waals surface area contributed by atoms with E-state index in [9.17, 15) is 14.3 Å². The first-order chi connectivity index (χ1) is 9.06. The van der Waals surface area contributed by atoms with E-state index in [-0.39, 0.29) is 23.8 Å². The van der Waals surface area contributed by atoms with Gasteiger partial charge in [0.1, 0.15) is 5.82 Å². The van der Waals surface area contributed by atoms with Crippen molar-refractivity contribution in [1.82, 2.24) is 4.90 Å². The molecule has 5 heteroatoms. The third-order valence-electron chi connectivity index (χ3n) is 4.42. The van der Waals surface area contributed by atoms with E-state index in [0.717, 1.165) is 12.8 Å². The van der Waals surface area contributed by atoms with Gasteiger partial charge in [-0.15, -0.1) is 0 Å². The van der Waals surface area contributed by atoms with Crippen molar-refractivity contribution in [1.29, 1.82) is 0 Å². The van der Waals surface area contributed by atoms with E-state index in [1.54, 1.807) is 17.0 Å². The molecule has 2 atom stereocenters. The summed E-state index contributed by atoms with van der Waals surface area (Å²) in [5.41, 5.74) is 6.66. The number of piperidine rings is 1. The highest BCUT2D eigenvalue weighted by molar-refractivity contribution is 5.66. The molecule has 2 bridgehead atoms. The molecule has 0 aromatic heterocycles. The Hall–Kier alpha value is -1.78. The zero-order valence-corrected chi connectivity index (χ0v) is 10.6. The number of halogens is 1. The molecule has 2 aliphatic rings. The van der Waals surface area contributed by atoms with Crippen LogP contribution in [0, 0.1) is 5.82 Å².